The van der Waals surface area contributed by atoms with Crippen LogP contribution in [0.25, 0.3) is 0 Å². The van der Waals surface area contributed by atoms with Crippen molar-refractivity contribution in [3.8, 4) is 5.75 Å². The number of benzene rings is 1. The number of nitrogens with one attached hydrogen (secondary N) is 1. The lowest BCUT2D eigenvalue weighted by atomic mass is 10.3. The fraction of sp³-hybridized carbons (Fsp3) is 0.333. The normalized spacial score (nSPS) is 10.2. The summed E-state index contributed by atoms with van der Waals surface area (Å²) in [4.78, 5) is 22.0. The Labute approximate surface area is 135 Å². The summed E-state index contributed by atoms with van der Waals surface area (Å²) < 4.78 is 5.20. The first kappa shape index (κ1) is 17.9. The van der Waals surface area contributed by atoms with Gasteiger partial charge >= 0.3 is 5.97 Å². The zero-order valence-electron chi connectivity index (χ0n) is 10.8. The molecule has 9 heteroatoms. The van der Waals surface area contributed by atoms with Gasteiger partial charge in [0.1, 0.15) is 12.4 Å². The molecule has 0 spiro atoms. The van der Waals surface area contributed by atoms with E-state index in [9.17, 15) is 9.59 Å². The van der Waals surface area contributed by atoms with Gasteiger partial charge in [0, 0.05) is 6.07 Å². The Kier molecular flexibility index (Phi) is 7.66. The Morgan fingerprint density at radius 1 is 1.24 bits per heavy atom. The van der Waals surface area contributed by atoms with Gasteiger partial charge in [0.05, 0.1) is 33.8 Å². The zero-order valence-corrected chi connectivity index (χ0v) is 13.1. The van der Waals surface area contributed by atoms with E-state index in [1.54, 1.807) is 0 Å². The number of halogens is 2. The molecule has 1 amide bonds. The summed E-state index contributed by atoms with van der Waals surface area (Å²) in [7, 11) is 0. The van der Waals surface area contributed by atoms with Gasteiger partial charge in [0.2, 0.25) is 5.91 Å². The molecule has 0 radical (unpaired) electrons. The van der Waals surface area contributed by atoms with Crippen molar-refractivity contribution in [1.82, 2.24) is 0 Å². The molecule has 0 saturated heterocycles. The third kappa shape index (κ3) is 6.43. The molecule has 0 atom stereocenters. The Hall–Kier alpha value is -1.15. The largest absolute Gasteiger partial charge is 0.490 e. The molecule has 3 N–H and O–H groups in total. The van der Waals surface area contributed by atoms with Crippen LogP contribution in [-0.2, 0) is 9.59 Å². The number of hydrogen-bond acceptors (Lipinski definition) is 5. The van der Waals surface area contributed by atoms with Crippen molar-refractivity contribution in [2.45, 2.75) is 0 Å². The van der Waals surface area contributed by atoms with Crippen LogP contribution in [-0.4, -0.2) is 46.8 Å². The van der Waals surface area contributed by atoms with Crippen LogP contribution in [0.5, 0.6) is 5.75 Å². The first-order valence-corrected chi connectivity index (χ1v) is 7.67. The van der Waals surface area contributed by atoms with E-state index in [0.29, 0.717) is 5.69 Å². The van der Waals surface area contributed by atoms with Gasteiger partial charge in [-0.2, -0.15) is 0 Å². The van der Waals surface area contributed by atoms with E-state index in [2.05, 4.69) is 5.32 Å². The van der Waals surface area contributed by atoms with Crippen LogP contribution in [0.4, 0.5) is 5.69 Å². The third-order valence-electron chi connectivity index (χ3n) is 2.10. The smallest absolute Gasteiger partial charge is 0.313 e. The Morgan fingerprint density at radius 3 is 2.57 bits per heavy atom. The maximum Gasteiger partial charge on any atom is 0.313 e. The molecular weight excluding hydrogens is 341 g/mol. The van der Waals surface area contributed by atoms with E-state index in [0.717, 1.165) is 11.8 Å². The van der Waals surface area contributed by atoms with Crippen LogP contribution in [0.1, 0.15) is 0 Å². The van der Waals surface area contributed by atoms with Crippen LogP contribution in [0, 0.1) is 0 Å². The first-order valence-electron chi connectivity index (χ1n) is 5.76. The van der Waals surface area contributed by atoms with Gasteiger partial charge in [-0.05, 0) is 6.07 Å². The molecule has 116 valence electrons. The van der Waals surface area contributed by atoms with E-state index < -0.39 is 11.9 Å². The number of hydrogen-bond donors (Lipinski definition) is 3. The molecule has 0 saturated carbocycles. The van der Waals surface area contributed by atoms with E-state index in [1.165, 1.54) is 12.1 Å². The molecule has 0 aliphatic heterocycles. The highest BCUT2D eigenvalue weighted by atomic mass is 35.5. The molecule has 0 bridgehead atoms. The second kappa shape index (κ2) is 8.99. The summed E-state index contributed by atoms with van der Waals surface area (Å²) in [5.41, 5.74) is 0.301. The van der Waals surface area contributed by atoms with Gasteiger partial charge in [0.15, 0.2) is 0 Å². The predicted octanol–water partition coefficient (Wildman–Crippen LogP) is 2.12. The summed E-state index contributed by atoms with van der Waals surface area (Å²) in [6, 6.07) is 2.86. The van der Waals surface area contributed by atoms with Gasteiger partial charge in [-0.15, -0.1) is 11.8 Å². The highest BCUT2D eigenvalue weighted by Gasteiger charge is 2.12. The van der Waals surface area contributed by atoms with Gasteiger partial charge < -0.3 is 20.3 Å². The highest BCUT2D eigenvalue weighted by Crippen LogP contribution is 2.34. The Morgan fingerprint density at radius 2 is 1.95 bits per heavy atom. The number of carboxylic acids is 1. The number of aliphatic hydroxyl groups is 1. The average molecular weight is 354 g/mol. The van der Waals surface area contributed by atoms with E-state index >= 15 is 0 Å². The molecule has 1 rings (SSSR count). The van der Waals surface area contributed by atoms with Crippen molar-refractivity contribution < 1.29 is 24.5 Å². The maximum atomic E-state index is 11.7. The number of carbonyl (C=O) groups is 2. The minimum Gasteiger partial charge on any atom is -0.490 e. The molecule has 1 aromatic rings. The fourth-order valence-corrected chi connectivity index (χ4v) is 2.33. The number of aliphatic hydroxyl groups excluding tert-OH is 1. The lowest BCUT2D eigenvalue weighted by Crippen LogP contribution is -2.16. The SMILES string of the molecule is O=C(O)CSCC(=O)Nc1cc(OCCO)c(Cl)cc1Cl. The number of rotatable bonds is 8. The summed E-state index contributed by atoms with van der Waals surface area (Å²) in [5, 5.41) is 20.2. The summed E-state index contributed by atoms with van der Waals surface area (Å²) in [6.45, 7) is -0.115. The summed E-state index contributed by atoms with van der Waals surface area (Å²) >= 11 is 12.8. The summed E-state index contributed by atoms with van der Waals surface area (Å²) in [5.74, 6) is -1.27. The molecule has 0 aromatic heterocycles. The number of anilines is 1. The Bertz CT molecular complexity index is 527. The number of amides is 1. The van der Waals surface area contributed by atoms with Crippen molar-refractivity contribution in [3.05, 3.63) is 22.2 Å². The standard InChI is InChI=1S/C12H13Cl2NO5S/c13-7-3-8(14)10(20-2-1-16)4-9(7)15-11(17)5-21-6-12(18)19/h3-4,16H,1-2,5-6H2,(H,15,17)(H,18,19). The molecule has 0 fully saturated rings. The van der Waals surface area contributed by atoms with Gasteiger partial charge in [-0.25, -0.2) is 0 Å². The average Bonchev–Trinajstić information content (AvgIpc) is 2.40. The molecule has 1 aromatic carbocycles. The van der Waals surface area contributed by atoms with Crippen LogP contribution in [0.3, 0.4) is 0 Å². The highest BCUT2D eigenvalue weighted by molar-refractivity contribution is 8.00. The lowest BCUT2D eigenvalue weighted by Gasteiger charge is -2.12. The minimum atomic E-state index is -0.989. The number of carbonyl (C=O) groups excluding carboxylic acids is 1. The van der Waals surface area contributed by atoms with Gasteiger partial charge in [-0.1, -0.05) is 23.2 Å². The first-order chi connectivity index (χ1) is 9.93. The number of carboxylic acid groups (broad SMARTS) is 1. The molecule has 6 nitrogen and oxygen atoms in total. The molecular formula is C12H13Cl2NO5S. The van der Waals surface area contributed by atoms with Crippen molar-refractivity contribution in [2.75, 3.05) is 30.0 Å². The number of thioether (sulfide) groups is 1. The summed E-state index contributed by atoms with van der Waals surface area (Å²) in [6.07, 6.45) is 0. The number of ether oxygens (including phenoxy) is 1. The van der Waals surface area contributed by atoms with Crippen molar-refractivity contribution in [1.29, 1.82) is 0 Å². The zero-order chi connectivity index (χ0) is 15.8. The minimum absolute atomic E-state index is 0.0158. The number of aliphatic carboxylic acids is 1. The quantitative estimate of drug-likeness (QED) is 0.662. The van der Waals surface area contributed by atoms with Crippen molar-refractivity contribution in [3.63, 3.8) is 0 Å². The van der Waals surface area contributed by atoms with E-state index in [-0.39, 0.29) is 40.5 Å². The van der Waals surface area contributed by atoms with Crippen LogP contribution < -0.4 is 10.1 Å². The third-order valence-corrected chi connectivity index (χ3v) is 3.63. The topological polar surface area (TPSA) is 95.9 Å². The Balaban J connectivity index is 2.68. The lowest BCUT2D eigenvalue weighted by molar-refractivity contribution is -0.133. The van der Waals surface area contributed by atoms with Crippen molar-refractivity contribution in [2.24, 2.45) is 0 Å². The molecule has 21 heavy (non-hydrogen) atoms. The fourth-order valence-electron chi connectivity index (χ4n) is 1.31. The molecule has 0 unspecified atom stereocenters. The molecule has 0 aliphatic rings. The van der Waals surface area contributed by atoms with Crippen molar-refractivity contribution >= 4 is 52.5 Å². The maximum absolute atomic E-state index is 11.7. The second-order valence-electron chi connectivity index (χ2n) is 3.77. The van der Waals surface area contributed by atoms with Gasteiger partial charge in [-0.3, -0.25) is 9.59 Å². The van der Waals surface area contributed by atoms with Crippen LogP contribution in [0.15, 0.2) is 12.1 Å². The van der Waals surface area contributed by atoms with Gasteiger partial charge in [0.25, 0.3) is 0 Å². The second-order valence-corrected chi connectivity index (χ2v) is 5.57. The molecule has 0 heterocycles. The van der Waals surface area contributed by atoms with E-state index in [4.69, 9.17) is 38.2 Å². The predicted molar refractivity (Wildman–Crippen MR) is 82.6 cm³/mol. The molecule has 0 aliphatic carbocycles. The van der Waals surface area contributed by atoms with E-state index in [1.807, 2.05) is 0 Å². The monoisotopic (exact) mass is 353 g/mol. The van der Waals surface area contributed by atoms with Crippen LogP contribution in [0.2, 0.25) is 10.0 Å². The van der Waals surface area contributed by atoms with Crippen LogP contribution >= 0.6 is 35.0 Å².